The number of hydrogen-bond acceptors (Lipinski definition) is 4. The Labute approximate surface area is 176 Å². The zero-order valence-electron chi connectivity index (χ0n) is 17.5. The molecule has 0 aliphatic rings. The molecule has 0 unspecified atom stereocenters. The maximum atomic E-state index is 12.4. The molecule has 3 aromatic rings. The van der Waals surface area contributed by atoms with Gasteiger partial charge in [-0.2, -0.15) is 0 Å². The third-order valence-electron chi connectivity index (χ3n) is 5.23. The molecule has 0 radical (unpaired) electrons. The highest BCUT2D eigenvalue weighted by Crippen LogP contribution is 2.35. The number of amides is 1. The quantitative estimate of drug-likeness (QED) is 0.578. The second-order valence-corrected chi connectivity index (χ2v) is 7.02. The maximum absolute atomic E-state index is 12.4. The fraction of sp³-hybridized carbons (Fsp3) is 0.250. The van der Waals surface area contributed by atoms with E-state index < -0.39 is 5.91 Å². The van der Waals surface area contributed by atoms with Crippen molar-refractivity contribution < 1.29 is 19.1 Å². The normalized spacial score (nSPS) is 10.6. The predicted molar refractivity (Wildman–Crippen MR) is 116 cm³/mol. The van der Waals surface area contributed by atoms with Crippen LogP contribution in [-0.4, -0.2) is 30.7 Å². The molecule has 2 aromatic carbocycles. The summed E-state index contributed by atoms with van der Waals surface area (Å²) >= 11 is 0. The Morgan fingerprint density at radius 3 is 2.23 bits per heavy atom. The second-order valence-electron chi connectivity index (χ2n) is 7.02. The zero-order chi connectivity index (χ0) is 21.7. The van der Waals surface area contributed by atoms with Crippen molar-refractivity contribution in [2.24, 2.45) is 5.73 Å². The summed E-state index contributed by atoms with van der Waals surface area (Å²) in [4.78, 5) is 24.3. The summed E-state index contributed by atoms with van der Waals surface area (Å²) in [5.74, 6) is -0.0817. The van der Waals surface area contributed by atoms with E-state index in [1.54, 1.807) is 7.11 Å². The molecule has 0 aliphatic heterocycles. The van der Waals surface area contributed by atoms with Gasteiger partial charge in [-0.25, -0.2) is 0 Å². The Morgan fingerprint density at radius 2 is 1.67 bits per heavy atom. The van der Waals surface area contributed by atoms with Gasteiger partial charge in [0.15, 0.2) is 0 Å². The van der Waals surface area contributed by atoms with Crippen molar-refractivity contribution in [1.29, 1.82) is 0 Å². The minimum atomic E-state index is -0.496. The van der Waals surface area contributed by atoms with Gasteiger partial charge >= 0.3 is 5.97 Å². The number of primary amides is 1. The SMILES string of the molecule is COC(=O)CCc1c(-c2ccc(OC)cc2)c(C(N)=O)c(C)n1Cc1ccccc1. The number of ether oxygens (including phenoxy) is 2. The number of rotatable bonds is 8. The summed E-state index contributed by atoms with van der Waals surface area (Å²) in [6.07, 6.45) is 0.630. The van der Waals surface area contributed by atoms with Crippen molar-refractivity contribution in [3.8, 4) is 16.9 Å². The van der Waals surface area contributed by atoms with Crippen LogP contribution in [0.5, 0.6) is 5.75 Å². The number of carbonyl (C=O) groups excluding carboxylic acids is 2. The fourth-order valence-electron chi connectivity index (χ4n) is 3.73. The molecule has 0 saturated carbocycles. The second kappa shape index (κ2) is 9.31. The van der Waals surface area contributed by atoms with E-state index in [0.717, 1.165) is 33.8 Å². The molecule has 3 rings (SSSR count). The summed E-state index contributed by atoms with van der Waals surface area (Å²) < 4.78 is 12.2. The van der Waals surface area contributed by atoms with Crippen LogP contribution in [0.2, 0.25) is 0 Å². The third-order valence-corrected chi connectivity index (χ3v) is 5.23. The van der Waals surface area contributed by atoms with Gasteiger partial charge in [0.2, 0.25) is 0 Å². The molecule has 1 amide bonds. The van der Waals surface area contributed by atoms with Crippen molar-refractivity contribution in [1.82, 2.24) is 4.57 Å². The molecule has 0 bridgehead atoms. The standard InChI is InChI=1S/C24H26N2O4/c1-16-22(24(25)28)23(18-9-11-19(29-2)12-10-18)20(13-14-21(27)30-3)26(16)15-17-7-5-4-6-8-17/h4-12H,13-15H2,1-3H3,(H2,25,28). The Hall–Kier alpha value is -3.54. The fourth-order valence-corrected chi connectivity index (χ4v) is 3.73. The lowest BCUT2D eigenvalue weighted by Crippen LogP contribution is -2.13. The molecule has 0 atom stereocenters. The number of esters is 1. The zero-order valence-corrected chi connectivity index (χ0v) is 17.5. The van der Waals surface area contributed by atoms with Crippen LogP contribution in [0.15, 0.2) is 54.6 Å². The van der Waals surface area contributed by atoms with E-state index in [-0.39, 0.29) is 12.4 Å². The first-order valence-electron chi connectivity index (χ1n) is 9.73. The molecular formula is C24H26N2O4. The first-order valence-corrected chi connectivity index (χ1v) is 9.73. The predicted octanol–water partition coefficient (Wildman–Crippen LogP) is 3.72. The molecule has 30 heavy (non-hydrogen) atoms. The lowest BCUT2D eigenvalue weighted by molar-refractivity contribution is -0.140. The molecule has 1 aromatic heterocycles. The molecule has 156 valence electrons. The van der Waals surface area contributed by atoms with Crippen molar-refractivity contribution in [3.05, 3.63) is 77.1 Å². The van der Waals surface area contributed by atoms with Gasteiger partial charge in [0, 0.05) is 23.5 Å². The van der Waals surface area contributed by atoms with Gasteiger partial charge in [-0.05, 0) is 36.6 Å². The first kappa shape index (κ1) is 21.2. The molecule has 0 aliphatic carbocycles. The van der Waals surface area contributed by atoms with E-state index >= 15 is 0 Å². The third kappa shape index (κ3) is 4.38. The van der Waals surface area contributed by atoms with Crippen LogP contribution in [0.3, 0.4) is 0 Å². The number of aromatic nitrogens is 1. The summed E-state index contributed by atoms with van der Waals surface area (Å²) in [7, 11) is 2.97. The Balaban J connectivity index is 2.19. The molecule has 6 heteroatoms. The van der Waals surface area contributed by atoms with Gasteiger partial charge in [0.25, 0.3) is 5.91 Å². The lowest BCUT2D eigenvalue weighted by Gasteiger charge is -2.13. The van der Waals surface area contributed by atoms with Gasteiger partial charge in [0.1, 0.15) is 5.75 Å². The van der Waals surface area contributed by atoms with Gasteiger partial charge in [-0.3, -0.25) is 9.59 Å². The van der Waals surface area contributed by atoms with Gasteiger partial charge in [-0.1, -0.05) is 42.5 Å². The molecule has 1 heterocycles. The highest BCUT2D eigenvalue weighted by molar-refractivity contribution is 6.02. The number of nitrogens with zero attached hydrogens (tertiary/aromatic N) is 1. The minimum Gasteiger partial charge on any atom is -0.497 e. The van der Waals surface area contributed by atoms with Crippen LogP contribution in [0, 0.1) is 6.92 Å². The number of carbonyl (C=O) groups is 2. The van der Waals surface area contributed by atoms with E-state index in [0.29, 0.717) is 18.5 Å². The van der Waals surface area contributed by atoms with Gasteiger partial charge in [0.05, 0.1) is 26.2 Å². The van der Waals surface area contributed by atoms with E-state index in [1.807, 2.05) is 61.5 Å². The van der Waals surface area contributed by atoms with Crippen molar-refractivity contribution in [2.75, 3.05) is 14.2 Å². The monoisotopic (exact) mass is 406 g/mol. The summed E-state index contributed by atoms with van der Waals surface area (Å²) in [5, 5.41) is 0. The van der Waals surface area contributed by atoms with E-state index in [4.69, 9.17) is 15.2 Å². The van der Waals surface area contributed by atoms with Crippen LogP contribution < -0.4 is 10.5 Å². The van der Waals surface area contributed by atoms with Crippen LogP contribution in [0.4, 0.5) is 0 Å². The van der Waals surface area contributed by atoms with Crippen LogP contribution in [-0.2, 0) is 22.5 Å². The molecule has 6 nitrogen and oxygen atoms in total. The Morgan fingerprint density at radius 1 is 1.00 bits per heavy atom. The molecule has 2 N–H and O–H groups in total. The number of benzene rings is 2. The summed E-state index contributed by atoms with van der Waals surface area (Å²) in [6, 6.07) is 17.4. The number of nitrogens with two attached hydrogens (primary N) is 1. The van der Waals surface area contributed by atoms with Crippen molar-refractivity contribution in [2.45, 2.75) is 26.3 Å². The van der Waals surface area contributed by atoms with Gasteiger partial charge in [-0.15, -0.1) is 0 Å². The highest BCUT2D eigenvalue weighted by Gasteiger charge is 2.25. The summed E-state index contributed by atoms with van der Waals surface area (Å²) in [5.41, 5.74) is 10.6. The average Bonchev–Trinajstić information content (AvgIpc) is 3.04. The van der Waals surface area contributed by atoms with Crippen LogP contribution in [0.25, 0.3) is 11.1 Å². The van der Waals surface area contributed by atoms with Crippen LogP contribution >= 0.6 is 0 Å². The average molecular weight is 406 g/mol. The van der Waals surface area contributed by atoms with Crippen LogP contribution in [0.1, 0.15) is 33.7 Å². The molecular weight excluding hydrogens is 380 g/mol. The first-order chi connectivity index (χ1) is 14.5. The highest BCUT2D eigenvalue weighted by atomic mass is 16.5. The smallest absolute Gasteiger partial charge is 0.305 e. The van der Waals surface area contributed by atoms with Crippen molar-refractivity contribution >= 4 is 11.9 Å². The number of hydrogen-bond donors (Lipinski definition) is 1. The van der Waals surface area contributed by atoms with E-state index in [9.17, 15) is 9.59 Å². The maximum Gasteiger partial charge on any atom is 0.305 e. The molecule has 0 spiro atoms. The molecule has 0 saturated heterocycles. The van der Waals surface area contributed by atoms with Crippen molar-refractivity contribution in [3.63, 3.8) is 0 Å². The Kier molecular flexibility index (Phi) is 6.57. The minimum absolute atomic E-state index is 0.204. The van der Waals surface area contributed by atoms with E-state index in [1.165, 1.54) is 7.11 Å². The Bertz CT molecular complexity index is 1040. The summed E-state index contributed by atoms with van der Waals surface area (Å²) in [6.45, 7) is 2.46. The van der Waals surface area contributed by atoms with E-state index in [2.05, 4.69) is 4.57 Å². The molecule has 0 fully saturated rings. The number of methoxy groups -OCH3 is 2. The van der Waals surface area contributed by atoms with Gasteiger partial charge < -0.3 is 19.8 Å². The lowest BCUT2D eigenvalue weighted by atomic mass is 9.98. The largest absolute Gasteiger partial charge is 0.497 e. The topological polar surface area (TPSA) is 83.6 Å².